The van der Waals surface area contributed by atoms with E-state index in [-0.39, 0.29) is 11.5 Å². The third-order valence-corrected chi connectivity index (χ3v) is 4.62. The van der Waals surface area contributed by atoms with Gasteiger partial charge in [-0.1, -0.05) is 12.8 Å². The monoisotopic (exact) mass is 250 g/mol. The second kappa shape index (κ2) is 4.67. The molecule has 1 saturated carbocycles. The third-order valence-electron chi connectivity index (χ3n) is 4.62. The highest BCUT2D eigenvalue weighted by Crippen LogP contribution is 2.45. The van der Waals surface area contributed by atoms with Crippen molar-refractivity contribution in [3.63, 3.8) is 0 Å². The minimum Gasteiger partial charge on any atom is -0.385 e. The van der Waals surface area contributed by atoms with E-state index in [1.807, 2.05) is 17.8 Å². The Bertz CT molecular complexity index is 410. The van der Waals surface area contributed by atoms with Crippen LogP contribution in [0.15, 0.2) is 12.4 Å². The molecule has 0 amide bonds. The Morgan fingerprint density at radius 2 is 2.28 bits per heavy atom. The Balaban J connectivity index is 1.74. The van der Waals surface area contributed by atoms with Crippen molar-refractivity contribution in [2.75, 3.05) is 6.61 Å². The smallest absolute Gasteiger partial charge is 0.137 e. The maximum absolute atomic E-state index is 10.5. The molecule has 1 aliphatic carbocycles. The number of aryl methyl sites for hydroxylation is 1. The lowest BCUT2D eigenvalue weighted by Crippen LogP contribution is -2.39. The summed E-state index contributed by atoms with van der Waals surface area (Å²) in [6.45, 7) is 0.784. The molecular formula is C14H22N2O2. The van der Waals surface area contributed by atoms with Crippen LogP contribution in [-0.4, -0.2) is 26.9 Å². The summed E-state index contributed by atoms with van der Waals surface area (Å²) in [6.07, 6.45) is 9.99. The molecule has 1 aromatic heterocycles. The van der Waals surface area contributed by atoms with E-state index in [2.05, 4.69) is 4.98 Å². The van der Waals surface area contributed by atoms with Gasteiger partial charge in [-0.05, 0) is 31.6 Å². The van der Waals surface area contributed by atoms with Crippen molar-refractivity contribution in [1.29, 1.82) is 0 Å². The number of imidazole rings is 1. The lowest BCUT2D eigenvalue weighted by Gasteiger charge is -2.39. The summed E-state index contributed by atoms with van der Waals surface area (Å²) in [7, 11) is 1.94. The van der Waals surface area contributed by atoms with E-state index >= 15 is 0 Å². The van der Waals surface area contributed by atoms with Crippen molar-refractivity contribution in [3.8, 4) is 0 Å². The number of nitrogens with zero attached hydrogens (tertiary/aromatic N) is 2. The van der Waals surface area contributed by atoms with Crippen LogP contribution in [0.2, 0.25) is 0 Å². The van der Waals surface area contributed by atoms with Gasteiger partial charge < -0.3 is 14.4 Å². The standard InChI is InChI=1S/C14H22N2O2/c1-16-8-7-15-13(16)12(17)11-4-9-18-14(10-11)5-2-3-6-14/h7-8,11-12,17H,2-6,9-10H2,1H3. The molecule has 2 fully saturated rings. The number of ether oxygens (including phenoxy) is 1. The number of hydrogen-bond acceptors (Lipinski definition) is 3. The van der Waals surface area contributed by atoms with Crippen molar-refractivity contribution in [1.82, 2.24) is 9.55 Å². The van der Waals surface area contributed by atoms with Crippen LogP contribution in [0.3, 0.4) is 0 Å². The summed E-state index contributed by atoms with van der Waals surface area (Å²) < 4.78 is 7.93. The first-order chi connectivity index (χ1) is 8.70. The summed E-state index contributed by atoms with van der Waals surface area (Å²) in [4.78, 5) is 4.28. The van der Waals surface area contributed by atoms with Gasteiger partial charge >= 0.3 is 0 Å². The van der Waals surface area contributed by atoms with Gasteiger partial charge in [0.1, 0.15) is 11.9 Å². The van der Waals surface area contributed by atoms with Gasteiger partial charge in [0.2, 0.25) is 0 Å². The normalized spacial score (nSPS) is 28.7. The van der Waals surface area contributed by atoms with E-state index in [0.717, 1.165) is 38.1 Å². The van der Waals surface area contributed by atoms with E-state index in [4.69, 9.17) is 4.74 Å². The number of aliphatic hydroxyl groups is 1. The highest BCUT2D eigenvalue weighted by atomic mass is 16.5. The zero-order valence-corrected chi connectivity index (χ0v) is 11.0. The SMILES string of the molecule is Cn1ccnc1C(O)C1CCOC2(CCCC2)C1. The predicted octanol–water partition coefficient (Wildman–Crippen LogP) is 2.19. The van der Waals surface area contributed by atoms with Gasteiger partial charge in [-0.15, -0.1) is 0 Å². The molecule has 1 aromatic rings. The van der Waals surface area contributed by atoms with Crippen molar-refractivity contribution < 1.29 is 9.84 Å². The average Bonchev–Trinajstić information content (AvgIpc) is 2.98. The molecule has 2 unspecified atom stereocenters. The van der Waals surface area contributed by atoms with E-state index in [0.29, 0.717) is 0 Å². The molecule has 2 atom stereocenters. The average molecular weight is 250 g/mol. The summed E-state index contributed by atoms with van der Waals surface area (Å²) in [6, 6.07) is 0. The molecule has 100 valence electrons. The fraction of sp³-hybridized carbons (Fsp3) is 0.786. The Hall–Kier alpha value is -0.870. The Morgan fingerprint density at radius 3 is 2.94 bits per heavy atom. The molecule has 0 radical (unpaired) electrons. The molecule has 4 nitrogen and oxygen atoms in total. The van der Waals surface area contributed by atoms with E-state index < -0.39 is 6.10 Å². The Labute approximate surface area is 108 Å². The van der Waals surface area contributed by atoms with Crippen LogP contribution in [0.25, 0.3) is 0 Å². The summed E-state index contributed by atoms with van der Waals surface area (Å²) in [5.74, 6) is 1.08. The molecule has 1 saturated heterocycles. The molecule has 0 bridgehead atoms. The maximum Gasteiger partial charge on any atom is 0.137 e. The quantitative estimate of drug-likeness (QED) is 0.875. The first-order valence-electron chi connectivity index (χ1n) is 6.99. The fourth-order valence-electron chi connectivity index (χ4n) is 3.58. The third kappa shape index (κ3) is 2.08. The van der Waals surface area contributed by atoms with E-state index in [1.54, 1.807) is 6.20 Å². The summed E-state index contributed by atoms with van der Waals surface area (Å²) in [5.41, 5.74) is 0.0645. The minimum absolute atomic E-state index is 0.0645. The first kappa shape index (κ1) is 12.2. The molecule has 2 heterocycles. The second-order valence-electron chi connectivity index (χ2n) is 5.83. The van der Waals surface area contributed by atoms with Crippen LogP contribution >= 0.6 is 0 Å². The van der Waals surface area contributed by atoms with Gasteiger partial charge in [0.15, 0.2) is 0 Å². The van der Waals surface area contributed by atoms with Crippen LogP contribution in [0, 0.1) is 5.92 Å². The van der Waals surface area contributed by atoms with Gasteiger partial charge in [-0.2, -0.15) is 0 Å². The number of aromatic nitrogens is 2. The molecule has 2 aliphatic rings. The Morgan fingerprint density at radius 1 is 1.50 bits per heavy atom. The van der Waals surface area contributed by atoms with Crippen LogP contribution in [0.4, 0.5) is 0 Å². The number of aliphatic hydroxyl groups excluding tert-OH is 1. The lowest BCUT2D eigenvalue weighted by atomic mass is 9.81. The van der Waals surface area contributed by atoms with Gasteiger partial charge in [-0.25, -0.2) is 4.98 Å². The van der Waals surface area contributed by atoms with Gasteiger partial charge in [0.25, 0.3) is 0 Å². The van der Waals surface area contributed by atoms with Crippen molar-refractivity contribution in [2.45, 2.75) is 50.2 Å². The Kier molecular flexibility index (Phi) is 3.16. The van der Waals surface area contributed by atoms with Crippen molar-refractivity contribution in [2.24, 2.45) is 13.0 Å². The first-order valence-corrected chi connectivity index (χ1v) is 6.99. The predicted molar refractivity (Wildman–Crippen MR) is 68.0 cm³/mol. The highest BCUT2D eigenvalue weighted by Gasteiger charge is 2.42. The lowest BCUT2D eigenvalue weighted by molar-refractivity contribution is -0.114. The molecular weight excluding hydrogens is 228 g/mol. The van der Waals surface area contributed by atoms with Crippen LogP contribution in [0.5, 0.6) is 0 Å². The molecule has 18 heavy (non-hydrogen) atoms. The largest absolute Gasteiger partial charge is 0.385 e. The zero-order valence-electron chi connectivity index (χ0n) is 11.0. The fourth-order valence-corrected chi connectivity index (χ4v) is 3.58. The second-order valence-corrected chi connectivity index (χ2v) is 5.83. The highest BCUT2D eigenvalue weighted by molar-refractivity contribution is 5.01. The summed E-state index contributed by atoms with van der Waals surface area (Å²) in [5, 5.41) is 10.5. The van der Waals surface area contributed by atoms with Crippen LogP contribution < -0.4 is 0 Å². The molecule has 3 rings (SSSR count). The van der Waals surface area contributed by atoms with E-state index in [1.165, 1.54) is 12.8 Å². The number of rotatable bonds is 2. The van der Waals surface area contributed by atoms with Crippen LogP contribution in [0.1, 0.15) is 50.5 Å². The molecule has 1 spiro atoms. The van der Waals surface area contributed by atoms with E-state index in [9.17, 15) is 5.11 Å². The number of hydrogen-bond donors (Lipinski definition) is 1. The molecule has 4 heteroatoms. The van der Waals surface area contributed by atoms with Crippen molar-refractivity contribution in [3.05, 3.63) is 18.2 Å². The van der Waals surface area contributed by atoms with Gasteiger partial charge in [0.05, 0.1) is 5.60 Å². The molecule has 1 aliphatic heterocycles. The minimum atomic E-state index is -0.452. The van der Waals surface area contributed by atoms with Crippen molar-refractivity contribution >= 4 is 0 Å². The van der Waals surface area contributed by atoms with Gasteiger partial charge in [-0.3, -0.25) is 0 Å². The zero-order chi connectivity index (χ0) is 12.6. The molecule has 0 aromatic carbocycles. The maximum atomic E-state index is 10.5. The van der Waals surface area contributed by atoms with Crippen LogP contribution in [-0.2, 0) is 11.8 Å². The molecule has 1 N–H and O–H groups in total. The topological polar surface area (TPSA) is 47.3 Å². The summed E-state index contributed by atoms with van der Waals surface area (Å²) >= 11 is 0. The van der Waals surface area contributed by atoms with Gasteiger partial charge in [0, 0.05) is 26.0 Å².